The first kappa shape index (κ1) is 20.9. The van der Waals surface area contributed by atoms with E-state index >= 15 is 0 Å². The van der Waals surface area contributed by atoms with Crippen LogP contribution in [0.3, 0.4) is 0 Å². The molecule has 9 rings (SSSR count). The molecular weight excluding hydrogens is 544 g/mol. The van der Waals surface area contributed by atoms with Gasteiger partial charge in [0.25, 0.3) is 0 Å². The average molecular weight is 578 g/mol. The van der Waals surface area contributed by atoms with Crippen LogP contribution in [-0.2, 0) is 0 Å². The molecule has 0 saturated carbocycles. The van der Waals surface area contributed by atoms with Crippen molar-refractivity contribution in [2.45, 2.75) is 0 Å². The largest absolute Gasteiger partial charge is 0.456 e. The Hall–Kier alpha value is -5.92. The quantitative estimate of drug-likeness (QED) is 0.190. The third kappa shape index (κ3) is 4.09. The van der Waals surface area contributed by atoms with Crippen molar-refractivity contribution in [2.75, 3.05) is 0 Å². The van der Waals surface area contributed by atoms with Crippen LogP contribution in [-0.4, -0.2) is 0 Å². The summed E-state index contributed by atoms with van der Waals surface area (Å²) in [5.41, 5.74) is 8.17. The fourth-order valence-electron chi connectivity index (χ4n) is 6.85. The predicted octanol–water partition coefficient (Wildman–Crippen LogP) is 12.6. The highest BCUT2D eigenvalue weighted by Gasteiger charge is 2.22. The molecule has 0 fully saturated rings. The van der Waals surface area contributed by atoms with Crippen molar-refractivity contribution in [3.8, 4) is 44.5 Å². The van der Waals surface area contributed by atoms with Crippen LogP contribution in [0.5, 0.6) is 0 Å². The van der Waals surface area contributed by atoms with E-state index in [9.17, 15) is 0 Å². The number of fused-ring (bicyclic) bond motifs is 5. The van der Waals surface area contributed by atoms with Gasteiger partial charge in [-0.3, -0.25) is 0 Å². The minimum absolute atomic E-state index is 0.157. The highest BCUT2D eigenvalue weighted by atomic mass is 16.3. The number of hydrogen-bond acceptors (Lipinski definition) is 1. The molecule has 0 unspecified atom stereocenters. The van der Waals surface area contributed by atoms with Gasteiger partial charge in [0.2, 0.25) is 0 Å². The van der Waals surface area contributed by atoms with Gasteiger partial charge >= 0.3 is 0 Å². The van der Waals surface area contributed by atoms with Crippen LogP contribution in [0.2, 0.25) is 0 Å². The molecule has 0 aliphatic rings. The molecule has 0 saturated heterocycles. The van der Waals surface area contributed by atoms with Crippen molar-refractivity contribution in [1.82, 2.24) is 0 Å². The fraction of sp³-hybridized carbons (Fsp3) is 0. The second kappa shape index (κ2) is 10.4. The molecule has 0 aliphatic carbocycles. The average Bonchev–Trinajstić information content (AvgIpc) is 3.53. The molecule has 1 aromatic heterocycles. The standard InChI is InChI=1S/C44H28O/c1-3-15-29(16-4-1)31-19-7-8-21-33(31)43-34-22-9-11-24-36(34)44(37-25-12-10-23-35(37)43)40-28-42-39(32-20-13-14-26-41(32)45-42)27-38(40)30-17-5-2-6-18-30/h1-28H/i2D,5D,6D,17D,18D. The summed E-state index contributed by atoms with van der Waals surface area (Å²) in [6, 6.07) is 45.6. The molecule has 0 aliphatic heterocycles. The van der Waals surface area contributed by atoms with Crippen molar-refractivity contribution in [3.05, 3.63) is 170 Å². The van der Waals surface area contributed by atoms with Crippen LogP contribution in [0.4, 0.5) is 0 Å². The van der Waals surface area contributed by atoms with Gasteiger partial charge in [-0.1, -0.05) is 152 Å². The van der Waals surface area contributed by atoms with Gasteiger partial charge in [0, 0.05) is 10.8 Å². The van der Waals surface area contributed by atoms with Gasteiger partial charge in [0.15, 0.2) is 0 Å². The minimum atomic E-state index is -0.419. The Morgan fingerprint density at radius 3 is 1.56 bits per heavy atom. The first-order valence-electron chi connectivity index (χ1n) is 17.5. The molecule has 9 aromatic rings. The summed E-state index contributed by atoms with van der Waals surface area (Å²) in [5.74, 6) is 0. The van der Waals surface area contributed by atoms with Crippen LogP contribution in [0, 0.1) is 0 Å². The molecule has 1 nitrogen and oxygen atoms in total. The highest BCUT2D eigenvalue weighted by molar-refractivity contribution is 6.24. The van der Waals surface area contributed by atoms with Crippen molar-refractivity contribution < 1.29 is 11.3 Å². The molecule has 0 radical (unpaired) electrons. The molecule has 1 heteroatoms. The van der Waals surface area contributed by atoms with Gasteiger partial charge in [0.05, 0.1) is 6.85 Å². The lowest BCUT2D eigenvalue weighted by molar-refractivity contribution is 0.669. The summed E-state index contributed by atoms with van der Waals surface area (Å²) in [6.45, 7) is 0. The van der Waals surface area contributed by atoms with Gasteiger partial charge in [0.1, 0.15) is 11.2 Å². The number of hydrogen-bond donors (Lipinski definition) is 0. The van der Waals surface area contributed by atoms with Gasteiger partial charge in [-0.15, -0.1) is 0 Å². The molecule has 45 heavy (non-hydrogen) atoms. The maximum atomic E-state index is 9.05. The van der Waals surface area contributed by atoms with E-state index in [0.717, 1.165) is 65.7 Å². The topological polar surface area (TPSA) is 13.1 Å². The maximum absolute atomic E-state index is 9.05. The van der Waals surface area contributed by atoms with Gasteiger partial charge in [-0.25, -0.2) is 0 Å². The number of para-hydroxylation sites is 1. The fourth-order valence-corrected chi connectivity index (χ4v) is 6.85. The molecule has 0 atom stereocenters. The number of furan rings is 1. The molecule has 0 N–H and O–H groups in total. The smallest absolute Gasteiger partial charge is 0.136 e. The minimum Gasteiger partial charge on any atom is -0.456 e. The van der Waals surface area contributed by atoms with E-state index in [-0.39, 0.29) is 29.7 Å². The molecule has 1 heterocycles. The SMILES string of the molecule is [2H]c1c([2H])c([2H])c(-c2cc3c(cc2-c2c4ccccc4c(-c4ccccc4-c4ccccc4)c4ccccc24)oc2ccccc23)c([2H])c1[2H]. The van der Waals surface area contributed by atoms with Crippen molar-refractivity contribution in [1.29, 1.82) is 0 Å². The summed E-state index contributed by atoms with van der Waals surface area (Å²) < 4.78 is 50.0. The summed E-state index contributed by atoms with van der Waals surface area (Å²) in [4.78, 5) is 0. The Morgan fingerprint density at radius 1 is 0.356 bits per heavy atom. The Morgan fingerprint density at radius 2 is 0.889 bits per heavy atom. The number of rotatable bonds is 4. The first-order chi connectivity index (χ1) is 24.4. The molecular formula is C44H28O. The van der Waals surface area contributed by atoms with E-state index in [1.807, 2.05) is 66.7 Å². The Balaban J connectivity index is 1.46. The van der Waals surface area contributed by atoms with Gasteiger partial charge < -0.3 is 4.42 Å². The van der Waals surface area contributed by atoms with Crippen LogP contribution < -0.4 is 0 Å². The second-order valence-electron chi connectivity index (χ2n) is 11.2. The zero-order valence-corrected chi connectivity index (χ0v) is 24.2. The molecule has 0 amide bonds. The lowest BCUT2D eigenvalue weighted by Gasteiger charge is -2.21. The Labute approximate surface area is 268 Å². The second-order valence-corrected chi connectivity index (χ2v) is 11.2. The van der Waals surface area contributed by atoms with Crippen molar-refractivity contribution in [2.24, 2.45) is 0 Å². The maximum Gasteiger partial charge on any atom is 0.136 e. The van der Waals surface area contributed by atoms with E-state index < -0.39 is 6.04 Å². The Bertz CT molecular complexity index is 2730. The van der Waals surface area contributed by atoms with Crippen molar-refractivity contribution >= 4 is 43.5 Å². The van der Waals surface area contributed by atoms with E-state index in [0.29, 0.717) is 16.7 Å². The normalized spacial score (nSPS) is 13.1. The monoisotopic (exact) mass is 577 g/mol. The van der Waals surface area contributed by atoms with Crippen LogP contribution in [0.15, 0.2) is 174 Å². The lowest BCUT2D eigenvalue weighted by atomic mass is 9.82. The summed E-state index contributed by atoms with van der Waals surface area (Å²) in [6.07, 6.45) is 0. The number of benzene rings is 8. The first-order valence-corrected chi connectivity index (χ1v) is 15.0. The van der Waals surface area contributed by atoms with Gasteiger partial charge in [-0.05, 0) is 84.3 Å². The lowest BCUT2D eigenvalue weighted by Crippen LogP contribution is -1.94. The van der Waals surface area contributed by atoms with E-state index in [2.05, 4.69) is 72.8 Å². The van der Waals surface area contributed by atoms with Crippen LogP contribution >= 0.6 is 0 Å². The van der Waals surface area contributed by atoms with E-state index in [1.54, 1.807) is 0 Å². The highest BCUT2D eigenvalue weighted by Crippen LogP contribution is 2.49. The van der Waals surface area contributed by atoms with E-state index in [4.69, 9.17) is 11.3 Å². The molecule has 210 valence electrons. The zero-order valence-electron chi connectivity index (χ0n) is 29.2. The Kier molecular flexibility index (Phi) is 4.81. The summed E-state index contributed by atoms with van der Waals surface area (Å²) >= 11 is 0. The van der Waals surface area contributed by atoms with Gasteiger partial charge in [-0.2, -0.15) is 0 Å². The molecule has 0 spiro atoms. The summed E-state index contributed by atoms with van der Waals surface area (Å²) in [5, 5.41) is 5.75. The van der Waals surface area contributed by atoms with Crippen LogP contribution in [0.1, 0.15) is 6.85 Å². The molecule has 0 bridgehead atoms. The predicted molar refractivity (Wildman–Crippen MR) is 190 cm³/mol. The summed E-state index contributed by atoms with van der Waals surface area (Å²) in [7, 11) is 0. The molecule has 8 aromatic carbocycles. The zero-order chi connectivity index (χ0) is 34.1. The van der Waals surface area contributed by atoms with Crippen LogP contribution in [0.25, 0.3) is 88.0 Å². The van der Waals surface area contributed by atoms with Crippen molar-refractivity contribution in [3.63, 3.8) is 0 Å². The third-order valence-electron chi connectivity index (χ3n) is 8.77. The third-order valence-corrected chi connectivity index (χ3v) is 8.77. The van der Waals surface area contributed by atoms with E-state index in [1.165, 1.54) is 0 Å².